The Labute approximate surface area is 132 Å². The molecular weight excluding hydrogens is 278 g/mol. The Balaban J connectivity index is 1.98. The van der Waals surface area contributed by atoms with Crippen molar-refractivity contribution >= 4 is 12.2 Å². The molecule has 0 aliphatic carbocycles. The third-order valence-electron chi connectivity index (χ3n) is 3.96. The van der Waals surface area contributed by atoms with E-state index in [1.54, 1.807) is 0 Å². The molecule has 0 atom stereocenters. The number of rotatable bonds is 7. The zero-order valence-corrected chi connectivity index (χ0v) is 14.0. The van der Waals surface area contributed by atoms with E-state index in [1.165, 1.54) is 17.7 Å². The molecule has 4 heteroatoms. The van der Waals surface area contributed by atoms with Crippen LogP contribution in [0.4, 0.5) is 0 Å². The predicted octanol–water partition coefficient (Wildman–Crippen LogP) is 4.33. The maximum absolute atomic E-state index is 5.41. The molecule has 0 saturated heterocycles. The van der Waals surface area contributed by atoms with Gasteiger partial charge in [-0.3, -0.25) is 0 Å². The van der Waals surface area contributed by atoms with Gasteiger partial charge in [-0.25, -0.2) is 0 Å². The third kappa shape index (κ3) is 4.29. The molecule has 0 amide bonds. The lowest BCUT2D eigenvalue weighted by Gasteiger charge is -2.20. The van der Waals surface area contributed by atoms with Crippen LogP contribution in [0.5, 0.6) is 0 Å². The van der Waals surface area contributed by atoms with E-state index in [1.807, 2.05) is 12.3 Å². The molecule has 0 unspecified atom stereocenters. The summed E-state index contributed by atoms with van der Waals surface area (Å²) in [7, 11) is 2.18. The minimum atomic E-state index is 0.610. The van der Waals surface area contributed by atoms with Crippen molar-refractivity contribution in [2.75, 3.05) is 13.6 Å². The molecule has 1 N–H and O–H groups in total. The lowest BCUT2D eigenvalue weighted by Crippen LogP contribution is -2.27. The highest BCUT2D eigenvalue weighted by Gasteiger charge is 2.07. The van der Waals surface area contributed by atoms with Crippen molar-refractivity contribution in [2.45, 2.75) is 39.3 Å². The van der Waals surface area contributed by atoms with Crippen molar-refractivity contribution in [3.8, 4) is 11.3 Å². The molecule has 1 aromatic heterocycles. The van der Waals surface area contributed by atoms with Crippen molar-refractivity contribution in [1.82, 2.24) is 14.5 Å². The zero-order valence-electron chi connectivity index (χ0n) is 13.2. The number of aromatic nitrogens is 2. The van der Waals surface area contributed by atoms with Gasteiger partial charge in [0.2, 0.25) is 0 Å². The maximum atomic E-state index is 5.41. The number of unbranched alkanes of at least 4 members (excludes halogenated alkanes) is 1. The molecule has 0 aliphatic heterocycles. The first kappa shape index (κ1) is 16.0. The molecule has 1 heterocycles. The van der Waals surface area contributed by atoms with E-state index < -0.39 is 0 Å². The van der Waals surface area contributed by atoms with Crippen LogP contribution in [0.15, 0.2) is 36.5 Å². The van der Waals surface area contributed by atoms with Gasteiger partial charge in [0.1, 0.15) is 0 Å². The average molecular weight is 303 g/mol. The van der Waals surface area contributed by atoms with Gasteiger partial charge in [0.25, 0.3) is 0 Å². The van der Waals surface area contributed by atoms with Gasteiger partial charge in [-0.1, -0.05) is 30.3 Å². The summed E-state index contributed by atoms with van der Waals surface area (Å²) in [5.41, 5.74) is 2.39. The third-order valence-corrected chi connectivity index (χ3v) is 4.30. The van der Waals surface area contributed by atoms with Crippen LogP contribution >= 0.6 is 12.2 Å². The largest absolute Gasteiger partial charge is 0.337 e. The number of nitrogens with zero attached hydrogens (tertiary/aromatic N) is 2. The summed E-state index contributed by atoms with van der Waals surface area (Å²) in [4.78, 5) is 5.55. The van der Waals surface area contributed by atoms with E-state index in [4.69, 9.17) is 12.2 Å². The summed E-state index contributed by atoms with van der Waals surface area (Å²) in [5.74, 6) is 0. The summed E-state index contributed by atoms with van der Waals surface area (Å²) < 4.78 is 3.02. The number of benzene rings is 1. The Morgan fingerprint density at radius 3 is 2.57 bits per heavy atom. The second kappa shape index (κ2) is 7.57. The highest BCUT2D eigenvalue weighted by molar-refractivity contribution is 7.71. The first-order valence-electron chi connectivity index (χ1n) is 7.63. The Morgan fingerprint density at radius 2 is 1.90 bits per heavy atom. The van der Waals surface area contributed by atoms with Gasteiger partial charge < -0.3 is 14.5 Å². The van der Waals surface area contributed by atoms with Crippen LogP contribution in [-0.2, 0) is 6.54 Å². The molecule has 114 valence electrons. The van der Waals surface area contributed by atoms with Gasteiger partial charge >= 0.3 is 0 Å². The molecule has 0 saturated carbocycles. The molecule has 0 spiro atoms. The van der Waals surface area contributed by atoms with Crippen LogP contribution in [0, 0.1) is 4.77 Å². The molecule has 0 bridgehead atoms. The van der Waals surface area contributed by atoms with Crippen LogP contribution in [0.1, 0.15) is 26.7 Å². The SMILES string of the molecule is CC(C)N(C)CCCCn1c(-c2ccccc2)c[nH]c1=S. The molecule has 1 aromatic carbocycles. The molecule has 3 nitrogen and oxygen atoms in total. The van der Waals surface area contributed by atoms with Crippen molar-refractivity contribution in [1.29, 1.82) is 0 Å². The van der Waals surface area contributed by atoms with E-state index in [-0.39, 0.29) is 0 Å². The quantitative estimate of drug-likeness (QED) is 0.608. The standard InChI is InChI=1S/C17H25N3S/c1-14(2)19(3)11-7-8-12-20-16(13-18-17(20)21)15-9-5-4-6-10-15/h4-6,9-10,13-14H,7-8,11-12H2,1-3H3,(H,18,21). The van der Waals surface area contributed by atoms with Crippen LogP contribution in [0.3, 0.4) is 0 Å². The smallest absolute Gasteiger partial charge is 0.177 e. The van der Waals surface area contributed by atoms with Crippen molar-refractivity contribution in [2.24, 2.45) is 0 Å². The van der Waals surface area contributed by atoms with E-state index in [2.05, 4.69) is 59.6 Å². The van der Waals surface area contributed by atoms with Gasteiger partial charge in [-0.05, 0) is 58.1 Å². The number of hydrogen-bond acceptors (Lipinski definition) is 2. The zero-order chi connectivity index (χ0) is 15.2. The molecule has 0 radical (unpaired) electrons. The maximum Gasteiger partial charge on any atom is 0.177 e. The van der Waals surface area contributed by atoms with E-state index in [9.17, 15) is 0 Å². The number of H-pyrrole nitrogens is 1. The number of aromatic amines is 1. The van der Waals surface area contributed by atoms with Crippen molar-refractivity contribution in [3.63, 3.8) is 0 Å². The minimum absolute atomic E-state index is 0.610. The van der Waals surface area contributed by atoms with Crippen LogP contribution in [-0.4, -0.2) is 34.1 Å². The average Bonchev–Trinajstić information content (AvgIpc) is 2.85. The topological polar surface area (TPSA) is 24.0 Å². The summed E-state index contributed by atoms with van der Waals surface area (Å²) in [6, 6.07) is 11.0. The van der Waals surface area contributed by atoms with Crippen LogP contribution in [0.25, 0.3) is 11.3 Å². The predicted molar refractivity (Wildman–Crippen MR) is 92.1 cm³/mol. The second-order valence-corrected chi connectivity index (χ2v) is 6.16. The Hall–Kier alpha value is -1.39. The van der Waals surface area contributed by atoms with Crippen LogP contribution < -0.4 is 0 Å². The summed E-state index contributed by atoms with van der Waals surface area (Å²) in [6.45, 7) is 6.57. The molecule has 0 fully saturated rings. The van der Waals surface area contributed by atoms with Crippen molar-refractivity contribution < 1.29 is 0 Å². The van der Waals surface area contributed by atoms with E-state index >= 15 is 0 Å². The number of imidazole rings is 1. The highest BCUT2D eigenvalue weighted by atomic mass is 32.1. The first-order valence-corrected chi connectivity index (χ1v) is 8.04. The first-order chi connectivity index (χ1) is 10.1. The fourth-order valence-electron chi connectivity index (χ4n) is 2.35. The fraction of sp³-hybridized carbons (Fsp3) is 0.471. The molecule has 2 aromatic rings. The minimum Gasteiger partial charge on any atom is -0.337 e. The van der Waals surface area contributed by atoms with Gasteiger partial charge in [0.05, 0.1) is 5.69 Å². The normalized spacial score (nSPS) is 11.5. The van der Waals surface area contributed by atoms with Crippen molar-refractivity contribution in [3.05, 3.63) is 41.3 Å². The molecule has 2 rings (SSSR count). The summed E-state index contributed by atoms with van der Waals surface area (Å²) in [5, 5.41) is 0. The van der Waals surface area contributed by atoms with Gasteiger partial charge in [0, 0.05) is 18.8 Å². The molecular formula is C17H25N3S. The van der Waals surface area contributed by atoms with E-state index in [0.29, 0.717) is 6.04 Å². The molecule has 21 heavy (non-hydrogen) atoms. The van der Waals surface area contributed by atoms with Gasteiger partial charge in [-0.2, -0.15) is 0 Å². The highest BCUT2D eigenvalue weighted by Crippen LogP contribution is 2.19. The Morgan fingerprint density at radius 1 is 1.19 bits per heavy atom. The number of nitrogens with one attached hydrogen (secondary N) is 1. The van der Waals surface area contributed by atoms with Gasteiger partial charge in [-0.15, -0.1) is 0 Å². The monoisotopic (exact) mass is 303 g/mol. The molecule has 0 aliphatic rings. The number of hydrogen-bond donors (Lipinski definition) is 1. The fourth-order valence-corrected chi connectivity index (χ4v) is 2.60. The lowest BCUT2D eigenvalue weighted by atomic mass is 10.1. The summed E-state index contributed by atoms with van der Waals surface area (Å²) in [6.07, 6.45) is 4.34. The van der Waals surface area contributed by atoms with E-state index in [0.717, 1.165) is 24.3 Å². The Kier molecular flexibility index (Phi) is 5.76. The second-order valence-electron chi connectivity index (χ2n) is 5.78. The van der Waals surface area contributed by atoms with Gasteiger partial charge in [0.15, 0.2) is 4.77 Å². The lowest BCUT2D eigenvalue weighted by molar-refractivity contribution is 0.266. The summed E-state index contributed by atoms with van der Waals surface area (Å²) >= 11 is 5.41. The van der Waals surface area contributed by atoms with Crippen LogP contribution in [0.2, 0.25) is 0 Å². The Bertz CT molecular complexity index is 598.